The van der Waals surface area contributed by atoms with Gasteiger partial charge >= 0.3 is 12.1 Å². The first-order valence-corrected chi connectivity index (χ1v) is 14.3. The second kappa shape index (κ2) is 11.7. The maximum Gasteiger partial charge on any atom is 0.410 e. The monoisotopic (exact) mass is 590 g/mol. The smallest absolute Gasteiger partial charge is 0.410 e. The molecule has 0 N–H and O–H groups in total. The SMILES string of the molecule is COC(=O)c1ccc2c(c1)CCCC(c1ccc(Cl)cc1Cl)=C2c1ccc(C=C2CN(C(=O)OC(C)(C)C)C2)cn1. The molecule has 0 atom stereocenters. The number of aromatic nitrogens is 1. The number of ether oxygens (including phenoxy) is 2. The molecule has 2 aliphatic rings. The van der Waals surface area contributed by atoms with Crippen LogP contribution in [0.5, 0.6) is 0 Å². The summed E-state index contributed by atoms with van der Waals surface area (Å²) in [7, 11) is 1.39. The van der Waals surface area contributed by atoms with Crippen LogP contribution in [0.2, 0.25) is 10.0 Å². The number of halogens is 2. The number of carbonyl (C=O) groups is 2. The molecule has 0 saturated carbocycles. The van der Waals surface area contributed by atoms with Crippen molar-refractivity contribution in [2.45, 2.75) is 45.6 Å². The zero-order chi connectivity index (χ0) is 29.3. The van der Waals surface area contributed by atoms with Crippen molar-refractivity contribution >= 4 is 52.5 Å². The fourth-order valence-electron chi connectivity index (χ4n) is 5.19. The van der Waals surface area contributed by atoms with Gasteiger partial charge in [-0.05, 0) is 104 Å². The number of nitrogens with zero attached hydrogens (tertiary/aromatic N) is 2. The second-order valence-corrected chi connectivity index (χ2v) is 12.2. The Morgan fingerprint density at radius 2 is 1.73 bits per heavy atom. The lowest BCUT2D eigenvalue weighted by atomic mass is 9.89. The minimum absolute atomic E-state index is 0.300. The van der Waals surface area contributed by atoms with E-state index in [4.69, 9.17) is 37.7 Å². The quantitative estimate of drug-likeness (QED) is 0.287. The van der Waals surface area contributed by atoms with Crippen LogP contribution >= 0.6 is 23.2 Å². The molecule has 212 valence electrons. The molecule has 2 heterocycles. The van der Waals surface area contributed by atoms with Crippen molar-refractivity contribution in [1.29, 1.82) is 0 Å². The van der Waals surface area contributed by atoms with Crippen molar-refractivity contribution in [1.82, 2.24) is 9.88 Å². The van der Waals surface area contributed by atoms with Crippen molar-refractivity contribution in [2.24, 2.45) is 0 Å². The molecule has 8 heteroatoms. The summed E-state index contributed by atoms with van der Waals surface area (Å²) in [5.41, 5.74) is 7.97. The number of hydrogen-bond acceptors (Lipinski definition) is 5. The van der Waals surface area contributed by atoms with Crippen molar-refractivity contribution in [3.8, 4) is 0 Å². The first-order chi connectivity index (χ1) is 19.5. The van der Waals surface area contributed by atoms with Crippen LogP contribution in [0.4, 0.5) is 4.79 Å². The molecule has 0 bridgehead atoms. The van der Waals surface area contributed by atoms with E-state index < -0.39 is 5.60 Å². The molecular weight excluding hydrogens is 559 g/mol. The number of aryl methyl sites for hydroxylation is 1. The minimum atomic E-state index is -0.516. The summed E-state index contributed by atoms with van der Waals surface area (Å²) in [6.07, 6.45) is 6.08. The molecular formula is C33H32Cl2N2O4. The van der Waals surface area contributed by atoms with Crippen LogP contribution in [0.15, 0.2) is 60.3 Å². The fraction of sp³-hybridized carbons (Fsp3) is 0.303. The van der Waals surface area contributed by atoms with Gasteiger partial charge in [0.2, 0.25) is 0 Å². The molecule has 3 aromatic rings. The van der Waals surface area contributed by atoms with Crippen molar-refractivity contribution in [3.63, 3.8) is 0 Å². The summed E-state index contributed by atoms with van der Waals surface area (Å²) in [6, 6.07) is 15.3. The molecule has 1 amide bonds. The summed E-state index contributed by atoms with van der Waals surface area (Å²) in [4.78, 5) is 31.1. The predicted molar refractivity (Wildman–Crippen MR) is 163 cm³/mol. The van der Waals surface area contributed by atoms with Crippen LogP contribution in [0.25, 0.3) is 17.2 Å². The summed E-state index contributed by atoms with van der Waals surface area (Å²) in [5.74, 6) is -0.361. The summed E-state index contributed by atoms with van der Waals surface area (Å²) < 4.78 is 10.4. The van der Waals surface area contributed by atoms with Gasteiger partial charge in [-0.25, -0.2) is 9.59 Å². The largest absolute Gasteiger partial charge is 0.465 e. The zero-order valence-corrected chi connectivity index (χ0v) is 25.1. The average Bonchev–Trinajstić information content (AvgIpc) is 3.08. The number of carbonyl (C=O) groups excluding carboxylic acids is 2. The summed E-state index contributed by atoms with van der Waals surface area (Å²) >= 11 is 12.9. The maximum absolute atomic E-state index is 12.3. The topological polar surface area (TPSA) is 68.7 Å². The molecule has 1 aliphatic heterocycles. The third-order valence-electron chi connectivity index (χ3n) is 7.08. The van der Waals surface area contributed by atoms with Gasteiger partial charge in [0.15, 0.2) is 0 Å². The maximum atomic E-state index is 12.3. The lowest BCUT2D eigenvalue weighted by Crippen LogP contribution is -2.46. The van der Waals surface area contributed by atoms with Gasteiger partial charge in [-0.2, -0.15) is 0 Å². The molecule has 2 aromatic carbocycles. The number of hydrogen-bond donors (Lipinski definition) is 0. The number of benzene rings is 2. The van der Waals surface area contributed by atoms with E-state index >= 15 is 0 Å². The summed E-state index contributed by atoms with van der Waals surface area (Å²) in [6.45, 7) is 6.66. The molecule has 1 aliphatic carbocycles. The van der Waals surface area contributed by atoms with Gasteiger partial charge in [-0.1, -0.05) is 47.5 Å². The standard InChI is InChI=1S/C33H32Cl2N2O4/c1-33(2,3)41-32(39)37-18-21(19-37)14-20-8-13-29(36-17-20)30-25-11-9-23(31(38)40-4)15-22(25)6-5-7-27(30)26-12-10-24(34)16-28(26)35/h8-17H,5-7,18-19H2,1-4H3. The van der Waals surface area contributed by atoms with E-state index in [1.54, 1.807) is 17.0 Å². The van der Waals surface area contributed by atoms with Gasteiger partial charge in [-0.3, -0.25) is 4.98 Å². The van der Waals surface area contributed by atoms with E-state index in [2.05, 4.69) is 6.08 Å². The predicted octanol–water partition coefficient (Wildman–Crippen LogP) is 8.10. The highest BCUT2D eigenvalue weighted by molar-refractivity contribution is 6.36. The molecule has 1 fully saturated rings. The molecule has 41 heavy (non-hydrogen) atoms. The molecule has 6 nitrogen and oxygen atoms in total. The number of fused-ring (bicyclic) bond motifs is 1. The van der Waals surface area contributed by atoms with Crippen LogP contribution in [0.1, 0.15) is 71.9 Å². The van der Waals surface area contributed by atoms with E-state index in [1.165, 1.54) is 7.11 Å². The van der Waals surface area contributed by atoms with Crippen LogP contribution in [0, 0.1) is 0 Å². The molecule has 1 saturated heterocycles. The highest BCUT2D eigenvalue weighted by atomic mass is 35.5. The Bertz CT molecular complexity index is 1560. The Morgan fingerprint density at radius 3 is 2.39 bits per heavy atom. The van der Waals surface area contributed by atoms with Crippen LogP contribution < -0.4 is 0 Å². The van der Waals surface area contributed by atoms with Gasteiger partial charge in [0.05, 0.1) is 18.4 Å². The Labute approximate surface area is 250 Å². The van der Waals surface area contributed by atoms with Crippen LogP contribution in [-0.2, 0) is 15.9 Å². The Kier molecular flexibility index (Phi) is 8.25. The zero-order valence-electron chi connectivity index (χ0n) is 23.6. The number of rotatable bonds is 4. The first kappa shape index (κ1) is 28.9. The number of amides is 1. The third kappa shape index (κ3) is 6.50. The molecule has 0 unspecified atom stereocenters. The minimum Gasteiger partial charge on any atom is -0.465 e. The van der Waals surface area contributed by atoms with Crippen molar-refractivity contribution in [2.75, 3.05) is 20.2 Å². The normalized spacial score (nSPS) is 15.1. The highest BCUT2D eigenvalue weighted by Gasteiger charge is 2.29. The van der Waals surface area contributed by atoms with Crippen molar-refractivity contribution < 1.29 is 19.1 Å². The number of likely N-dealkylation sites (tertiary alicyclic amines) is 1. The Morgan fingerprint density at radius 1 is 0.976 bits per heavy atom. The number of pyridine rings is 1. The molecule has 5 rings (SSSR count). The fourth-order valence-corrected chi connectivity index (χ4v) is 5.72. The van der Waals surface area contributed by atoms with Gasteiger partial charge < -0.3 is 14.4 Å². The van der Waals surface area contributed by atoms with E-state index in [0.717, 1.165) is 63.9 Å². The van der Waals surface area contributed by atoms with Gasteiger partial charge in [-0.15, -0.1) is 0 Å². The van der Waals surface area contributed by atoms with E-state index in [-0.39, 0.29) is 12.1 Å². The van der Waals surface area contributed by atoms with E-state index in [0.29, 0.717) is 28.7 Å². The van der Waals surface area contributed by atoms with Crippen LogP contribution in [0.3, 0.4) is 0 Å². The van der Waals surface area contributed by atoms with Crippen LogP contribution in [-0.4, -0.2) is 47.7 Å². The van der Waals surface area contributed by atoms with E-state index in [9.17, 15) is 9.59 Å². The molecule has 1 aromatic heterocycles. The van der Waals surface area contributed by atoms with Gasteiger partial charge in [0, 0.05) is 34.9 Å². The Hall–Kier alpha value is -3.61. The number of methoxy groups -OCH3 is 1. The van der Waals surface area contributed by atoms with Crippen molar-refractivity contribution in [3.05, 3.63) is 104 Å². The van der Waals surface area contributed by atoms with Gasteiger partial charge in [0.1, 0.15) is 5.60 Å². The number of esters is 1. The first-order valence-electron chi connectivity index (χ1n) is 13.6. The average molecular weight is 592 g/mol. The molecule has 0 radical (unpaired) electrons. The number of allylic oxidation sites excluding steroid dienone is 1. The lowest BCUT2D eigenvalue weighted by molar-refractivity contribution is 0.0216. The van der Waals surface area contributed by atoms with Gasteiger partial charge in [0.25, 0.3) is 0 Å². The molecule has 0 spiro atoms. The summed E-state index contributed by atoms with van der Waals surface area (Å²) in [5, 5.41) is 1.16. The van der Waals surface area contributed by atoms with E-state index in [1.807, 2.05) is 63.4 Å². The third-order valence-corrected chi connectivity index (χ3v) is 7.63. The lowest BCUT2D eigenvalue weighted by Gasteiger charge is -2.35. The Balaban J connectivity index is 1.50. The second-order valence-electron chi connectivity index (χ2n) is 11.3. The highest BCUT2D eigenvalue weighted by Crippen LogP contribution is 2.42.